The Morgan fingerprint density at radius 3 is 2.00 bits per heavy atom. The fourth-order valence-corrected chi connectivity index (χ4v) is 3.28. The Morgan fingerprint density at radius 2 is 1.43 bits per heavy atom. The molecule has 0 bridgehead atoms. The van der Waals surface area contributed by atoms with Crippen LogP contribution in [0.1, 0.15) is 33.6 Å². The average Bonchev–Trinajstić information content (AvgIpc) is 3.00. The van der Waals surface area contributed by atoms with Crippen LogP contribution in [0, 0.1) is 0 Å². The first-order valence-corrected chi connectivity index (χ1v) is 7.27. The summed E-state index contributed by atoms with van der Waals surface area (Å²) in [6, 6.07) is 6.49. The van der Waals surface area contributed by atoms with Gasteiger partial charge in [0.2, 0.25) is 5.91 Å². The van der Waals surface area contributed by atoms with Gasteiger partial charge in [0.15, 0.2) is 5.78 Å². The molecule has 0 atom stereocenters. The smallest absolute Gasteiger partial charge is 0.280 e. The molecule has 1 fully saturated rings. The maximum atomic E-state index is 12.6. The van der Waals surface area contributed by atoms with Crippen molar-refractivity contribution in [2.24, 2.45) is 0 Å². The number of hydrogen-bond acceptors (Lipinski definition) is 4. The highest BCUT2D eigenvalue weighted by atomic mass is 16.2. The van der Waals surface area contributed by atoms with E-state index in [4.69, 9.17) is 0 Å². The molecular weight excluding hydrogens is 296 g/mol. The number of ketones is 1. The normalized spacial score (nSPS) is 21.7. The number of fused-ring (bicyclic) bond motifs is 1. The minimum absolute atomic E-state index is 0.183. The van der Waals surface area contributed by atoms with E-state index in [1.165, 1.54) is 17.2 Å². The largest absolute Gasteiger partial charge is 0.290 e. The van der Waals surface area contributed by atoms with Crippen LogP contribution in [0.4, 0.5) is 0 Å². The van der Waals surface area contributed by atoms with Crippen molar-refractivity contribution in [3.05, 3.63) is 59.7 Å². The lowest BCUT2D eigenvalue weighted by Gasteiger charge is -2.38. The molecular formula is C17H12N2O4. The van der Waals surface area contributed by atoms with Gasteiger partial charge in [-0.05, 0) is 42.9 Å². The van der Waals surface area contributed by atoms with E-state index in [-0.39, 0.29) is 29.2 Å². The van der Waals surface area contributed by atoms with Crippen LogP contribution >= 0.6 is 0 Å². The minimum Gasteiger partial charge on any atom is -0.290 e. The Balaban J connectivity index is 1.81. The maximum absolute atomic E-state index is 12.6. The lowest BCUT2D eigenvalue weighted by Crippen LogP contribution is -2.56. The lowest BCUT2D eigenvalue weighted by atomic mass is 9.91. The van der Waals surface area contributed by atoms with E-state index in [0.717, 1.165) is 5.01 Å². The number of amides is 3. The molecule has 0 radical (unpaired) electrons. The molecule has 1 aromatic rings. The van der Waals surface area contributed by atoms with Gasteiger partial charge in [0, 0.05) is 6.42 Å². The molecule has 4 rings (SSSR count). The molecule has 0 aromatic heterocycles. The second-order valence-corrected chi connectivity index (χ2v) is 5.73. The number of hydrazine groups is 1. The number of hydrogen-bond donors (Lipinski definition) is 0. The second-order valence-electron chi connectivity index (χ2n) is 5.73. The monoisotopic (exact) mass is 308 g/mol. The highest BCUT2D eigenvalue weighted by Crippen LogP contribution is 2.39. The number of allylic oxidation sites excluding steroid dienone is 2. The maximum Gasteiger partial charge on any atom is 0.280 e. The third kappa shape index (κ3) is 1.75. The van der Waals surface area contributed by atoms with Gasteiger partial charge in [-0.15, -0.1) is 0 Å². The molecule has 3 aliphatic rings. The van der Waals surface area contributed by atoms with Crippen LogP contribution in [-0.2, 0) is 9.59 Å². The Hall–Kier alpha value is -3.02. The summed E-state index contributed by atoms with van der Waals surface area (Å²) in [5.41, 5.74) is -0.363. The van der Waals surface area contributed by atoms with Gasteiger partial charge in [0.05, 0.1) is 11.1 Å². The van der Waals surface area contributed by atoms with Crippen molar-refractivity contribution < 1.29 is 19.2 Å². The Bertz CT molecular complexity index is 786. The molecule has 1 aliphatic carbocycles. The van der Waals surface area contributed by atoms with E-state index >= 15 is 0 Å². The van der Waals surface area contributed by atoms with Crippen molar-refractivity contribution in [1.29, 1.82) is 0 Å². The van der Waals surface area contributed by atoms with Gasteiger partial charge in [-0.3, -0.25) is 19.2 Å². The van der Waals surface area contributed by atoms with Crippen molar-refractivity contribution >= 4 is 23.5 Å². The molecule has 6 heteroatoms. The summed E-state index contributed by atoms with van der Waals surface area (Å²) in [5, 5.41) is 2.10. The minimum atomic E-state index is -0.932. The third-order valence-electron chi connectivity index (χ3n) is 4.41. The molecule has 0 saturated carbocycles. The standard InChI is InChI=1S/C17H12N2O4/c20-11-5-8-17(9-6-11)10-7-14(21)19(17)18-15(22)12-3-1-2-4-13(12)16(18)23/h1-6,8-9H,7,10H2. The first-order chi connectivity index (χ1) is 11.0. The predicted octanol–water partition coefficient (Wildman–Crippen LogP) is 1.25. The van der Waals surface area contributed by atoms with Crippen LogP contribution in [0.3, 0.4) is 0 Å². The highest BCUT2D eigenvalue weighted by molar-refractivity contribution is 6.22. The van der Waals surface area contributed by atoms with Crippen molar-refractivity contribution in [1.82, 2.24) is 10.0 Å². The number of benzene rings is 1. The number of rotatable bonds is 1. The molecule has 2 heterocycles. The molecule has 6 nitrogen and oxygen atoms in total. The molecule has 1 saturated heterocycles. The van der Waals surface area contributed by atoms with E-state index in [1.54, 1.807) is 36.4 Å². The number of imide groups is 1. The zero-order valence-electron chi connectivity index (χ0n) is 12.1. The fourth-order valence-electron chi connectivity index (χ4n) is 3.28. The van der Waals surface area contributed by atoms with Crippen molar-refractivity contribution in [2.75, 3.05) is 0 Å². The van der Waals surface area contributed by atoms with Gasteiger partial charge < -0.3 is 0 Å². The molecule has 23 heavy (non-hydrogen) atoms. The number of nitrogens with zero attached hydrogens (tertiary/aromatic N) is 2. The van der Waals surface area contributed by atoms with Crippen LogP contribution in [-0.4, -0.2) is 39.1 Å². The predicted molar refractivity (Wildman–Crippen MR) is 79.0 cm³/mol. The first-order valence-electron chi connectivity index (χ1n) is 7.27. The summed E-state index contributed by atoms with van der Waals surface area (Å²) in [5.74, 6) is -1.53. The van der Waals surface area contributed by atoms with Crippen LogP contribution in [0.2, 0.25) is 0 Å². The first kappa shape index (κ1) is 13.6. The summed E-state index contributed by atoms with van der Waals surface area (Å²) in [7, 11) is 0. The quantitative estimate of drug-likeness (QED) is 0.732. The molecule has 1 spiro atoms. The van der Waals surface area contributed by atoms with Gasteiger partial charge >= 0.3 is 0 Å². The summed E-state index contributed by atoms with van der Waals surface area (Å²) in [6.07, 6.45) is 6.52. The van der Waals surface area contributed by atoms with E-state index in [2.05, 4.69) is 0 Å². The highest BCUT2D eigenvalue weighted by Gasteiger charge is 2.52. The SMILES string of the molecule is O=C1C=CC2(C=C1)CCC(=O)N2N1C(=O)c2ccccc2C1=O. The van der Waals surface area contributed by atoms with Crippen molar-refractivity contribution in [2.45, 2.75) is 18.4 Å². The summed E-state index contributed by atoms with van der Waals surface area (Å²) >= 11 is 0. The van der Waals surface area contributed by atoms with E-state index in [9.17, 15) is 19.2 Å². The van der Waals surface area contributed by atoms with Crippen molar-refractivity contribution in [3.63, 3.8) is 0 Å². The van der Waals surface area contributed by atoms with Gasteiger partial charge in [0.1, 0.15) is 5.54 Å². The van der Waals surface area contributed by atoms with E-state index in [1.807, 2.05) is 0 Å². The summed E-state index contributed by atoms with van der Waals surface area (Å²) < 4.78 is 0. The van der Waals surface area contributed by atoms with E-state index < -0.39 is 17.4 Å². The van der Waals surface area contributed by atoms with Crippen molar-refractivity contribution in [3.8, 4) is 0 Å². The van der Waals surface area contributed by atoms with E-state index in [0.29, 0.717) is 6.42 Å². The molecule has 3 amide bonds. The lowest BCUT2D eigenvalue weighted by molar-refractivity contribution is -0.140. The molecule has 1 aromatic carbocycles. The van der Waals surface area contributed by atoms with Gasteiger partial charge in [-0.25, -0.2) is 5.01 Å². The Morgan fingerprint density at radius 1 is 0.870 bits per heavy atom. The average molecular weight is 308 g/mol. The number of carbonyl (C=O) groups is 4. The van der Waals surface area contributed by atoms with Gasteiger partial charge in [-0.1, -0.05) is 12.1 Å². The van der Waals surface area contributed by atoms with Crippen LogP contribution in [0.15, 0.2) is 48.6 Å². The Kier molecular flexibility index (Phi) is 2.66. The van der Waals surface area contributed by atoms with Gasteiger partial charge in [0.25, 0.3) is 11.8 Å². The zero-order valence-corrected chi connectivity index (χ0v) is 12.1. The van der Waals surface area contributed by atoms with Crippen LogP contribution in [0.25, 0.3) is 0 Å². The topological polar surface area (TPSA) is 74.8 Å². The molecule has 0 N–H and O–H groups in total. The molecule has 0 unspecified atom stereocenters. The zero-order chi connectivity index (χ0) is 16.2. The second kappa shape index (κ2) is 4.49. The molecule has 2 aliphatic heterocycles. The van der Waals surface area contributed by atoms with Gasteiger partial charge in [-0.2, -0.15) is 5.01 Å². The number of carbonyl (C=O) groups excluding carboxylic acids is 4. The van der Waals surface area contributed by atoms with Crippen LogP contribution in [0.5, 0.6) is 0 Å². The Labute approximate surface area is 131 Å². The third-order valence-corrected chi connectivity index (χ3v) is 4.41. The fraction of sp³-hybridized carbons (Fsp3) is 0.176. The molecule has 114 valence electrons. The van der Waals surface area contributed by atoms with Crippen LogP contribution < -0.4 is 0 Å². The summed E-state index contributed by atoms with van der Waals surface area (Å²) in [4.78, 5) is 49.0. The summed E-state index contributed by atoms with van der Waals surface area (Å²) in [6.45, 7) is 0.